The van der Waals surface area contributed by atoms with Crippen LogP contribution in [0.25, 0.3) is 10.8 Å². The van der Waals surface area contributed by atoms with Gasteiger partial charge in [0.05, 0.1) is 11.6 Å². The number of nitriles is 1. The van der Waals surface area contributed by atoms with E-state index in [0.717, 1.165) is 16.5 Å². The van der Waals surface area contributed by atoms with Crippen LogP contribution in [0.5, 0.6) is 0 Å². The lowest BCUT2D eigenvalue weighted by atomic mass is 10.1. The Labute approximate surface area is 110 Å². The maximum Gasteiger partial charge on any atom is 0.131 e. The summed E-state index contributed by atoms with van der Waals surface area (Å²) in [6, 6.07) is 13.4. The molecule has 1 aromatic carbocycles. The van der Waals surface area contributed by atoms with Gasteiger partial charge in [0.1, 0.15) is 5.82 Å². The van der Waals surface area contributed by atoms with Gasteiger partial charge in [0.25, 0.3) is 0 Å². The van der Waals surface area contributed by atoms with Crippen molar-refractivity contribution in [2.24, 2.45) is 0 Å². The molecule has 0 spiro atoms. The molecule has 0 unspecified atom stereocenters. The second-order valence-electron chi connectivity index (χ2n) is 4.07. The SMILES string of the molecule is N#Cc1ccnc(Nc2cccc3ccncc23)c1. The Morgan fingerprint density at radius 3 is 2.95 bits per heavy atom. The minimum absolute atomic E-state index is 0.580. The molecule has 2 heterocycles. The van der Waals surface area contributed by atoms with Gasteiger partial charge in [-0.2, -0.15) is 5.26 Å². The van der Waals surface area contributed by atoms with Crippen molar-refractivity contribution in [3.05, 3.63) is 60.6 Å². The summed E-state index contributed by atoms with van der Waals surface area (Å²) in [5.41, 5.74) is 1.50. The molecule has 0 aliphatic heterocycles. The Balaban J connectivity index is 2.04. The van der Waals surface area contributed by atoms with Gasteiger partial charge in [-0.15, -0.1) is 0 Å². The summed E-state index contributed by atoms with van der Waals surface area (Å²) in [5.74, 6) is 0.649. The fourth-order valence-electron chi connectivity index (χ4n) is 1.93. The van der Waals surface area contributed by atoms with Crippen molar-refractivity contribution in [1.29, 1.82) is 5.26 Å². The van der Waals surface area contributed by atoms with Gasteiger partial charge in [0, 0.05) is 29.7 Å². The molecule has 0 fully saturated rings. The molecule has 0 aliphatic rings. The average Bonchev–Trinajstić information content (AvgIpc) is 2.48. The van der Waals surface area contributed by atoms with Gasteiger partial charge in [-0.1, -0.05) is 12.1 Å². The predicted octanol–water partition coefficient (Wildman–Crippen LogP) is 3.25. The average molecular weight is 246 g/mol. The van der Waals surface area contributed by atoms with Crippen LogP contribution in [0.2, 0.25) is 0 Å². The number of fused-ring (bicyclic) bond motifs is 1. The topological polar surface area (TPSA) is 61.6 Å². The van der Waals surface area contributed by atoms with Crippen LogP contribution in [0, 0.1) is 11.3 Å². The lowest BCUT2D eigenvalue weighted by Crippen LogP contribution is -1.94. The fraction of sp³-hybridized carbons (Fsp3) is 0. The normalized spacial score (nSPS) is 10.1. The molecule has 0 radical (unpaired) electrons. The van der Waals surface area contributed by atoms with Gasteiger partial charge in [0.2, 0.25) is 0 Å². The number of nitrogens with one attached hydrogen (secondary N) is 1. The van der Waals surface area contributed by atoms with Crippen LogP contribution < -0.4 is 5.32 Å². The highest BCUT2D eigenvalue weighted by atomic mass is 15.0. The van der Waals surface area contributed by atoms with Crippen molar-refractivity contribution < 1.29 is 0 Å². The summed E-state index contributed by atoms with van der Waals surface area (Å²) < 4.78 is 0. The lowest BCUT2D eigenvalue weighted by molar-refractivity contribution is 1.29. The molecule has 4 nitrogen and oxygen atoms in total. The number of hydrogen-bond acceptors (Lipinski definition) is 4. The molecule has 0 saturated heterocycles. The van der Waals surface area contributed by atoms with Gasteiger partial charge < -0.3 is 5.32 Å². The van der Waals surface area contributed by atoms with E-state index >= 15 is 0 Å². The molecule has 3 aromatic rings. The Bertz CT molecular complexity index is 769. The van der Waals surface area contributed by atoms with E-state index in [1.807, 2.05) is 30.5 Å². The number of rotatable bonds is 2. The lowest BCUT2D eigenvalue weighted by Gasteiger charge is -2.08. The Morgan fingerprint density at radius 2 is 2.05 bits per heavy atom. The minimum atomic E-state index is 0.580. The van der Waals surface area contributed by atoms with Crippen LogP contribution in [-0.2, 0) is 0 Å². The van der Waals surface area contributed by atoms with E-state index in [1.54, 1.807) is 24.5 Å². The van der Waals surface area contributed by atoms with Crippen molar-refractivity contribution in [2.75, 3.05) is 5.32 Å². The Morgan fingerprint density at radius 1 is 1.11 bits per heavy atom. The number of benzene rings is 1. The smallest absolute Gasteiger partial charge is 0.131 e. The minimum Gasteiger partial charge on any atom is -0.340 e. The third-order valence-corrected chi connectivity index (χ3v) is 2.84. The van der Waals surface area contributed by atoms with E-state index in [2.05, 4.69) is 21.4 Å². The number of pyridine rings is 2. The molecule has 0 atom stereocenters. The summed E-state index contributed by atoms with van der Waals surface area (Å²) in [4.78, 5) is 8.34. The number of nitrogens with zero attached hydrogens (tertiary/aromatic N) is 3. The van der Waals surface area contributed by atoms with Gasteiger partial charge in [0.15, 0.2) is 0 Å². The first-order valence-electron chi connectivity index (χ1n) is 5.83. The maximum atomic E-state index is 8.88. The summed E-state index contributed by atoms with van der Waals surface area (Å²) >= 11 is 0. The third-order valence-electron chi connectivity index (χ3n) is 2.84. The number of aromatic nitrogens is 2. The largest absolute Gasteiger partial charge is 0.340 e. The van der Waals surface area contributed by atoms with E-state index in [0.29, 0.717) is 11.4 Å². The van der Waals surface area contributed by atoms with Gasteiger partial charge in [-0.25, -0.2) is 4.98 Å². The Kier molecular flexibility index (Phi) is 2.79. The standard InChI is InChI=1S/C15H10N4/c16-9-11-4-7-18-15(8-11)19-14-3-1-2-12-5-6-17-10-13(12)14/h1-8,10H,(H,18,19). The molecular weight excluding hydrogens is 236 g/mol. The third kappa shape index (κ3) is 2.22. The first kappa shape index (κ1) is 11.2. The second-order valence-corrected chi connectivity index (χ2v) is 4.07. The zero-order valence-corrected chi connectivity index (χ0v) is 10.0. The highest BCUT2D eigenvalue weighted by Crippen LogP contribution is 2.24. The van der Waals surface area contributed by atoms with Crippen molar-refractivity contribution in [2.45, 2.75) is 0 Å². The van der Waals surface area contributed by atoms with Crippen LogP contribution >= 0.6 is 0 Å². The summed E-state index contributed by atoms with van der Waals surface area (Å²) in [7, 11) is 0. The maximum absolute atomic E-state index is 8.88. The van der Waals surface area contributed by atoms with Crippen molar-refractivity contribution >= 4 is 22.3 Å². The van der Waals surface area contributed by atoms with Crippen LogP contribution in [-0.4, -0.2) is 9.97 Å². The van der Waals surface area contributed by atoms with Gasteiger partial charge in [-0.05, 0) is 29.7 Å². The van der Waals surface area contributed by atoms with Crippen molar-refractivity contribution in [3.63, 3.8) is 0 Å². The zero-order chi connectivity index (χ0) is 13.1. The molecular formula is C15H10N4. The highest BCUT2D eigenvalue weighted by Gasteiger charge is 2.02. The number of anilines is 2. The molecule has 4 heteroatoms. The highest BCUT2D eigenvalue weighted by molar-refractivity contribution is 5.94. The number of hydrogen-bond donors (Lipinski definition) is 1. The van der Waals surface area contributed by atoms with Gasteiger partial charge >= 0.3 is 0 Å². The molecule has 0 aliphatic carbocycles. The van der Waals surface area contributed by atoms with E-state index in [4.69, 9.17) is 5.26 Å². The Hall–Kier alpha value is -2.93. The first-order chi connectivity index (χ1) is 9.36. The quantitative estimate of drug-likeness (QED) is 0.754. The van der Waals surface area contributed by atoms with Gasteiger partial charge in [-0.3, -0.25) is 4.98 Å². The molecule has 3 rings (SSSR count). The molecule has 1 N–H and O–H groups in total. The molecule has 2 aromatic heterocycles. The predicted molar refractivity (Wildman–Crippen MR) is 74.0 cm³/mol. The van der Waals surface area contributed by atoms with Crippen molar-refractivity contribution in [1.82, 2.24) is 9.97 Å². The van der Waals surface area contributed by atoms with Crippen LogP contribution in [0.3, 0.4) is 0 Å². The summed E-state index contributed by atoms with van der Waals surface area (Å²) in [6.45, 7) is 0. The van der Waals surface area contributed by atoms with Crippen molar-refractivity contribution in [3.8, 4) is 6.07 Å². The molecule has 0 amide bonds. The zero-order valence-electron chi connectivity index (χ0n) is 10.0. The van der Waals surface area contributed by atoms with E-state index in [-0.39, 0.29) is 0 Å². The summed E-state index contributed by atoms with van der Waals surface area (Å²) in [5, 5.41) is 14.2. The van der Waals surface area contributed by atoms with E-state index < -0.39 is 0 Å². The van der Waals surface area contributed by atoms with E-state index in [9.17, 15) is 0 Å². The molecule has 19 heavy (non-hydrogen) atoms. The molecule has 0 bridgehead atoms. The summed E-state index contributed by atoms with van der Waals surface area (Å²) in [6.07, 6.45) is 5.19. The monoisotopic (exact) mass is 246 g/mol. The second kappa shape index (κ2) is 4.75. The molecule has 90 valence electrons. The fourth-order valence-corrected chi connectivity index (χ4v) is 1.93. The first-order valence-corrected chi connectivity index (χ1v) is 5.83. The van der Waals surface area contributed by atoms with Crippen LogP contribution in [0.4, 0.5) is 11.5 Å². The van der Waals surface area contributed by atoms with Crippen LogP contribution in [0.15, 0.2) is 55.0 Å². The van der Waals surface area contributed by atoms with E-state index in [1.165, 1.54) is 0 Å². The van der Waals surface area contributed by atoms with Crippen LogP contribution in [0.1, 0.15) is 5.56 Å². The molecule has 0 saturated carbocycles.